The van der Waals surface area contributed by atoms with Crippen LogP contribution in [0.15, 0.2) is 11.4 Å². The van der Waals surface area contributed by atoms with Crippen molar-refractivity contribution in [2.24, 2.45) is 0 Å². The van der Waals surface area contributed by atoms with Crippen LogP contribution in [0.1, 0.15) is 12.0 Å². The van der Waals surface area contributed by atoms with E-state index in [0.29, 0.717) is 19.8 Å². The first kappa shape index (κ1) is 14.0. The molecule has 0 fully saturated rings. The van der Waals surface area contributed by atoms with Gasteiger partial charge >= 0.3 is 5.00 Å². The standard InChI is InChI=1S/C10H16N2O4S/c13-3-5-16-4-1-2-11-7-9-6-10(12(14)15)17-8-9/h6,8,11,13H,1-5,7H2. The molecule has 1 heterocycles. The highest BCUT2D eigenvalue weighted by atomic mass is 32.1. The third-order valence-corrected chi connectivity index (χ3v) is 2.96. The van der Waals surface area contributed by atoms with E-state index in [9.17, 15) is 10.1 Å². The number of rotatable bonds is 9. The summed E-state index contributed by atoms with van der Waals surface area (Å²) in [6.45, 7) is 2.44. The first-order valence-corrected chi connectivity index (χ1v) is 6.23. The van der Waals surface area contributed by atoms with Gasteiger partial charge in [0.2, 0.25) is 0 Å². The Kier molecular flexibility index (Phi) is 6.71. The molecule has 0 unspecified atom stereocenters. The Bertz CT molecular complexity index is 343. The summed E-state index contributed by atoms with van der Waals surface area (Å²) in [6, 6.07) is 1.58. The Morgan fingerprint density at radius 3 is 3.00 bits per heavy atom. The molecule has 1 rings (SSSR count). The number of nitrogens with one attached hydrogen (secondary N) is 1. The molecule has 1 aromatic heterocycles. The van der Waals surface area contributed by atoms with E-state index >= 15 is 0 Å². The van der Waals surface area contributed by atoms with Crippen LogP contribution < -0.4 is 5.32 Å². The van der Waals surface area contributed by atoms with Crippen molar-refractivity contribution in [3.05, 3.63) is 27.1 Å². The van der Waals surface area contributed by atoms with Gasteiger partial charge in [-0.2, -0.15) is 0 Å². The molecule has 7 heteroatoms. The summed E-state index contributed by atoms with van der Waals surface area (Å²) in [5.41, 5.74) is 0.929. The first-order valence-electron chi connectivity index (χ1n) is 5.35. The molecule has 2 N–H and O–H groups in total. The molecule has 0 saturated heterocycles. The number of nitro groups is 1. The highest BCUT2D eigenvalue weighted by molar-refractivity contribution is 7.13. The highest BCUT2D eigenvalue weighted by Gasteiger charge is 2.08. The quantitative estimate of drug-likeness (QED) is 0.395. The lowest BCUT2D eigenvalue weighted by Crippen LogP contribution is -2.16. The van der Waals surface area contributed by atoms with Gasteiger partial charge < -0.3 is 15.2 Å². The monoisotopic (exact) mass is 260 g/mol. The minimum atomic E-state index is -0.378. The molecule has 0 aromatic carbocycles. The molecular weight excluding hydrogens is 244 g/mol. The van der Waals surface area contributed by atoms with Crippen molar-refractivity contribution in [2.45, 2.75) is 13.0 Å². The molecule has 0 radical (unpaired) electrons. The number of aliphatic hydroxyl groups is 1. The third kappa shape index (κ3) is 5.73. The molecule has 0 aliphatic carbocycles. The van der Waals surface area contributed by atoms with E-state index in [1.165, 1.54) is 0 Å². The molecule has 6 nitrogen and oxygen atoms in total. The number of aliphatic hydroxyl groups excluding tert-OH is 1. The van der Waals surface area contributed by atoms with Crippen molar-refractivity contribution in [3.63, 3.8) is 0 Å². The summed E-state index contributed by atoms with van der Waals surface area (Å²) in [5.74, 6) is 0. The van der Waals surface area contributed by atoms with Crippen molar-refractivity contribution in [1.82, 2.24) is 5.32 Å². The topological polar surface area (TPSA) is 84.6 Å². The second-order valence-electron chi connectivity index (χ2n) is 3.42. The van der Waals surface area contributed by atoms with E-state index in [2.05, 4.69) is 5.32 Å². The SMILES string of the molecule is O=[N+]([O-])c1cc(CNCCCOCCO)cs1. The number of nitrogens with zero attached hydrogens (tertiary/aromatic N) is 1. The lowest BCUT2D eigenvalue weighted by molar-refractivity contribution is -0.380. The number of hydrogen-bond donors (Lipinski definition) is 2. The minimum Gasteiger partial charge on any atom is -0.394 e. The smallest absolute Gasteiger partial charge is 0.324 e. The summed E-state index contributed by atoms with van der Waals surface area (Å²) < 4.78 is 5.09. The van der Waals surface area contributed by atoms with Gasteiger partial charge in [-0.15, -0.1) is 0 Å². The Morgan fingerprint density at radius 1 is 1.53 bits per heavy atom. The summed E-state index contributed by atoms with van der Waals surface area (Å²) in [4.78, 5) is 10.1. The number of thiophene rings is 1. The predicted octanol–water partition coefficient (Wildman–Crippen LogP) is 1.14. The number of ether oxygens (including phenoxy) is 1. The van der Waals surface area contributed by atoms with Crippen LogP contribution >= 0.6 is 11.3 Å². The van der Waals surface area contributed by atoms with E-state index in [1.807, 2.05) is 0 Å². The highest BCUT2D eigenvalue weighted by Crippen LogP contribution is 2.22. The summed E-state index contributed by atoms with van der Waals surface area (Å²) in [5, 5.41) is 24.1. The molecule has 17 heavy (non-hydrogen) atoms. The van der Waals surface area contributed by atoms with Gasteiger partial charge in [0, 0.05) is 24.6 Å². The largest absolute Gasteiger partial charge is 0.394 e. The summed E-state index contributed by atoms with van der Waals surface area (Å²) in [6.07, 6.45) is 0.853. The average molecular weight is 260 g/mol. The van der Waals surface area contributed by atoms with Gasteiger partial charge in [0.25, 0.3) is 0 Å². The minimum absolute atomic E-state index is 0.0476. The van der Waals surface area contributed by atoms with Gasteiger partial charge in [0.1, 0.15) is 0 Å². The Balaban J connectivity index is 2.07. The molecule has 96 valence electrons. The lowest BCUT2D eigenvalue weighted by atomic mass is 10.3. The first-order chi connectivity index (χ1) is 8.24. The van der Waals surface area contributed by atoms with Gasteiger partial charge in [0.05, 0.1) is 18.1 Å². The van der Waals surface area contributed by atoms with Crippen LogP contribution in [0.4, 0.5) is 5.00 Å². The Labute approximate surface area is 103 Å². The van der Waals surface area contributed by atoms with Gasteiger partial charge in [-0.1, -0.05) is 11.3 Å². The van der Waals surface area contributed by atoms with Crippen molar-refractivity contribution >= 4 is 16.3 Å². The average Bonchev–Trinajstić information content (AvgIpc) is 2.77. The second kappa shape index (κ2) is 8.13. The van der Waals surface area contributed by atoms with Gasteiger partial charge in [-0.05, 0) is 18.5 Å². The van der Waals surface area contributed by atoms with E-state index in [-0.39, 0.29) is 16.5 Å². The fourth-order valence-corrected chi connectivity index (χ4v) is 1.98. The summed E-state index contributed by atoms with van der Waals surface area (Å²) in [7, 11) is 0. The van der Waals surface area contributed by atoms with Crippen molar-refractivity contribution in [3.8, 4) is 0 Å². The maximum absolute atomic E-state index is 10.4. The fourth-order valence-electron chi connectivity index (χ4n) is 1.25. The molecule has 0 bridgehead atoms. The Morgan fingerprint density at radius 2 is 2.35 bits per heavy atom. The van der Waals surface area contributed by atoms with E-state index < -0.39 is 0 Å². The second-order valence-corrected chi connectivity index (χ2v) is 4.31. The van der Waals surface area contributed by atoms with Crippen LogP contribution in [0.3, 0.4) is 0 Å². The van der Waals surface area contributed by atoms with E-state index in [4.69, 9.17) is 9.84 Å². The Hall–Kier alpha value is -1.02. The lowest BCUT2D eigenvalue weighted by Gasteiger charge is -2.03. The molecule has 0 aliphatic heterocycles. The maximum Gasteiger partial charge on any atom is 0.324 e. The van der Waals surface area contributed by atoms with Crippen LogP contribution in [-0.4, -0.2) is 36.4 Å². The van der Waals surface area contributed by atoms with Crippen LogP contribution in [0.2, 0.25) is 0 Å². The van der Waals surface area contributed by atoms with Gasteiger partial charge in [-0.25, -0.2) is 0 Å². The maximum atomic E-state index is 10.4. The molecule has 0 saturated carbocycles. The van der Waals surface area contributed by atoms with Gasteiger partial charge in [-0.3, -0.25) is 10.1 Å². The molecule has 1 aromatic rings. The van der Waals surface area contributed by atoms with Crippen molar-refractivity contribution < 1.29 is 14.8 Å². The van der Waals surface area contributed by atoms with Gasteiger partial charge in [0.15, 0.2) is 0 Å². The molecule has 0 spiro atoms. The molecule has 0 aliphatic rings. The van der Waals surface area contributed by atoms with E-state index in [1.54, 1.807) is 11.4 Å². The van der Waals surface area contributed by atoms with E-state index in [0.717, 1.165) is 29.9 Å². The number of hydrogen-bond acceptors (Lipinski definition) is 6. The van der Waals surface area contributed by atoms with Crippen molar-refractivity contribution in [1.29, 1.82) is 0 Å². The zero-order valence-corrected chi connectivity index (χ0v) is 10.2. The van der Waals surface area contributed by atoms with Crippen LogP contribution in [0.5, 0.6) is 0 Å². The zero-order valence-electron chi connectivity index (χ0n) is 9.42. The summed E-state index contributed by atoms with van der Waals surface area (Å²) >= 11 is 1.14. The molecule has 0 amide bonds. The van der Waals surface area contributed by atoms with Crippen molar-refractivity contribution in [2.75, 3.05) is 26.4 Å². The van der Waals surface area contributed by atoms with Crippen LogP contribution in [0, 0.1) is 10.1 Å². The molecule has 0 atom stereocenters. The normalized spacial score (nSPS) is 10.6. The predicted molar refractivity (Wildman–Crippen MR) is 65.2 cm³/mol. The fraction of sp³-hybridized carbons (Fsp3) is 0.600. The van der Waals surface area contributed by atoms with Crippen LogP contribution in [0.25, 0.3) is 0 Å². The third-order valence-electron chi connectivity index (χ3n) is 2.03. The molecular formula is C10H16N2O4S. The zero-order chi connectivity index (χ0) is 12.5. The van der Waals surface area contributed by atoms with Crippen LogP contribution in [-0.2, 0) is 11.3 Å².